The fourth-order valence-corrected chi connectivity index (χ4v) is 4.80. The second kappa shape index (κ2) is 8.83. The molecule has 0 unspecified atom stereocenters. The van der Waals surface area contributed by atoms with Crippen LogP contribution in [0.1, 0.15) is 28.1 Å². The van der Waals surface area contributed by atoms with Crippen LogP contribution in [0.3, 0.4) is 0 Å². The number of ketones is 1. The van der Waals surface area contributed by atoms with E-state index in [1.165, 1.54) is 0 Å². The number of likely N-dealkylation sites (N-methyl/N-ethyl adjacent to an activating group) is 1. The van der Waals surface area contributed by atoms with Gasteiger partial charge in [0.1, 0.15) is 5.76 Å². The van der Waals surface area contributed by atoms with Crippen LogP contribution in [0.4, 0.5) is 0 Å². The Morgan fingerprint density at radius 3 is 2.42 bits per heavy atom. The molecule has 1 saturated heterocycles. The lowest BCUT2D eigenvalue weighted by Crippen LogP contribution is -2.37. The average Bonchev–Trinajstić information content (AvgIpc) is 3.40. The summed E-state index contributed by atoms with van der Waals surface area (Å²) in [5, 5.41) is 13.0. The molecule has 3 aromatic rings. The van der Waals surface area contributed by atoms with Crippen molar-refractivity contribution in [3.63, 3.8) is 0 Å². The van der Waals surface area contributed by atoms with Gasteiger partial charge in [-0.1, -0.05) is 36.4 Å². The second-order valence-electron chi connectivity index (χ2n) is 7.59. The Bertz CT molecular complexity index is 1100. The van der Waals surface area contributed by atoms with Gasteiger partial charge in [-0.25, -0.2) is 0 Å². The zero-order valence-corrected chi connectivity index (χ0v) is 18.1. The second-order valence-corrected chi connectivity index (χ2v) is 8.57. The van der Waals surface area contributed by atoms with Crippen LogP contribution in [-0.4, -0.2) is 52.2 Å². The minimum Gasteiger partial charge on any atom is -0.507 e. The third kappa shape index (κ3) is 4.02. The molecule has 0 radical (unpaired) electrons. The van der Waals surface area contributed by atoms with Gasteiger partial charge in [-0.2, -0.15) is 0 Å². The third-order valence-electron chi connectivity index (χ3n) is 5.47. The zero-order chi connectivity index (χ0) is 22.0. The maximum absolute atomic E-state index is 13.2. The van der Waals surface area contributed by atoms with Crippen LogP contribution in [-0.2, 0) is 9.59 Å². The summed E-state index contributed by atoms with van der Waals surface area (Å²) in [5.74, 6) is -1.45. The number of thiophene rings is 1. The fraction of sp³-hybridized carbons (Fsp3) is 0.208. The van der Waals surface area contributed by atoms with Crippen LogP contribution in [0.2, 0.25) is 0 Å². The molecule has 1 amide bonds. The number of Topliss-reactive ketones (excluding diaryl/α,β-unsaturated/α-hetero) is 1. The van der Waals surface area contributed by atoms with E-state index in [0.717, 1.165) is 10.4 Å². The Kier molecular flexibility index (Phi) is 5.97. The molecule has 0 spiro atoms. The number of carbonyl (C=O) groups is 2. The van der Waals surface area contributed by atoms with E-state index in [0.29, 0.717) is 12.1 Å². The third-order valence-corrected chi connectivity index (χ3v) is 6.45. The predicted octanol–water partition coefficient (Wildman–Crippen LogP) is 3.87. The van der Waals surface area contributed by atoms with Crippen molar-refractivity contribution in [3.05, 3.63) is 93.9 Å². The molecule has 7 heteroatoms. The number of rotatable bonds is 6. The normalized spacial score (nSPS) is 19.2. The molecule has 1 fully saturated rings. The average molecular weight is 434 g/mol. The summed E-state index contributed by atoms with van der Waals surface area (Å²) in [4.78, 5) is 35.0. The number of aromatic nitrogens is 1. The number of benzene rings is 1. The highest BCUT2D eigenvalue weighted by Crippen LogP contribution is 2.40. The van der Waals surface area contributed by atoms with Gasteiger partial charge >= 0.3 is 0 Å². The molecule has 1 aliphatic heterocycles. The number of aliphatic hydroxyl groups excluding tert-OH is 1. The number of likely N-dealkylation sites (tertiary alicyclic amines) is 1. The molecule has 2 aromatic heterocycles. The van der Waals surface area contributed by atoms with Crippen molar-refractivity contribution in [1.29, 1.82) is 0 Å². The molecule has 2 atom stereocenters. The summed E-state index contributed by atoms with van der Waals surface area (Å²) in [6.45, 7) is 0.316. The van der Waals surface area contributed by atoms with Gasteiger partial charge in [-0.05, 0) is 43.2 Å². The lowest BCUT2D eigenvalue weighted by atomic mass is 9.96. The molecular formula is C24H23N3O3S. The van der Waals surface area contributed by atoms with Crippen molar-refractivity contribution in [2.24, 2.45) is 0 Å². The van der Waals surface area contributed by atoms with Crippen LogP contribution >= 0.6 is 11.3 Å². The quantitative estimate of drug-likeness (QED) is 0.363. The van der Waals surface area contributed by atoms with Gasteiger partial charge in [0.15, 0.2) is 0 Å². The standard InChI is InChI=1S/C24H23N3O3S/c1-26(2)18(19-9-6-14-31-19)15-27-21(16-10-12-25-13-11-16)20(23(29)24(27)30)22(28)17-7-4-3-5-8-17/h3-14,18,21,28H,15H2,1-2H3/b22-20+/t18-,21+/m1/s1. The number of amides is 1. The molecule has 1 aliphatic rings. The van der Waals surface area contributed by atoms with E-state index in [2.05, 4.69) is 4.98 Å². The SMILES string of the molecule is CN(C)[C@H](CN1C(=O)C(=O)/C(=C(/O)c2ccccc2)[C@@H]1c1ccncc1)c1cccs1. The van der Waals surface area contributed by atoms with Crippen LogP contribution in [0.25, 0.3) is 5.76 Å². The fourth-order valence-electron chi connectivity index (χ4n) is 3.89. The van der Waals surface area contributed by atoms with Crippen molar-refractivity contribution in [3.8, 4) is 0 Å². The molecule has 0 bridgehead atoms. The largest absolute Gasteiger partial charge is 0.507 e. The van der Waals surface area contributed by atoms with Crippen LogP contribution < -0.4 is 0 Å². The summed E-state index contributed by atoms with van der Waals surface area (Å²) >= 11 is 1.61. The molecule has 6 nitrogen and oxygen atoms in total. The number of pyridine rings is 1. The predicted molar refractivity (Wildman–Crippen MR) is 120 cm³/mol. The summed E-state index contributed by atoms with van der Waals surface area (Å²) in [7, 11) is 3.90. The van der Waals surface area contributed by atoms with Gasteiger partial charge in [0.25, 0.3) is 11.7 Å². The van der Waals surface area contributed by atoms with Crippen LogP contribution in [0, 0.1) is 0 Å². The van der Waals surface area contributed by atoms with Gasteiger partial charge in [0.2, 0.25) is 0 Å². The Labute approximate surface area is 185 Å². The molecule has 4 rings (SSSR count). The number of nitrogens with zero attached hydrogens (tertiary/aromatic N) is 3. The Hall–Kier alpha value is -3.29. The van der Waals surface area contributed by atoms with Crippen molar-refractivity contribution < 1.29 is 14.7 Å². The van der Waals surface area contributed by atoms with E-state index < -0.39 is 17.7 Å². The van der Waals surface area contributed by atoms with E-state index in [1.54, 1.807) is 65.0 Å². The smallest absolute Gasteiger partial charge is 0.295 e. The summed E-state index contributed by atoms with van der Waals surface area (Å²) in [6.07, 6.45) is 3.25. The number of hydrogen-bond acceptors (Lipinski definition) is 6. The van der Waals surface area contributed by atoms with E-state index >= 15 is 0 Å². The molecule has 0 saturated carbocycles. The van der Waals surface area contributed by atoms with Crippen LogP contribution in [0.15, 0.2) is 77.9 Å². The number of carbonyl (C=O) groups excluding carboxylic acids is 2. The van der Waals surface area contributed by atoms with Crippen molar-refractivity contribution >= 4 is 28.8 Å². The summed E-state index contributed by atoms with van der Waals surface area (Å²) in [5.41, 5.74) is 1.34. The molecule has 31 heavy (non-hydrogen) atoms. The van der Waals surface area contributed by atoms with E-state index in [1.807, 2.05) is 42.6 Å². The highest BCUT2D eigenvalue weighted by Gasteiger charge is 2.47. The first-order valence-electron chi connectivity index (χ1n) is 9.92. The molecular weight excluding hydrogens is 410 g/mol. The van der Waals surface area contributed by atoms with E-state index in [-0.39, 0.29) is 17.4 Å². The first-order valence-corrected chi connectivity index (χ1v) is 10.8. The molecule has 1 N–H and O–H groups in total. The summed E-state index contributed by atoms with van der Waals surface area (Å²) in [6, 6.07) is 15.6. The molecule has 3 heterocycles. The minimum atomic E-state index is -0.689. The number of aliphatic hydroxyl groups is 1. The molecule has 1 aromatic carbocycles. The summed E-state index contributed by atoms with van der Waals surface area (Å²) < 4.78 is 0. The Morgan fingerprint density at radius 1 is 1.10 bits per heavy atom. The highest BCUT2D eigenvalue weighted by atomic mass is 32.1. The Morgan fingerprint density at radius 2 is 1.81 bits per heavy atom. The number of hydrogen-bond donors (Lipinski definition) is 1. The van der Waals surface area contributed by atoms with Gasteiger partial charge in [0.05, 0.1) is 17.7 Å². The van der Waals surface area contributed by atoms with Gasteiger partial charge in [0, 0.05) is 29.4 Å². The van der Waals surface area contributed by atoms with E-state index in [9.17, 15) is 14.7 Å². The van der Waals surface area contributed by atoms with Crippen LogP contribution in [0.5, 0.6) is 0 Å². The molecule has 158 valence electrons. The van der Waals surface area contributed by atoms with Gasteiger partial charge in [-0.3, -0.25) is 14.6 Å². The lowest BCUT2D eigenvalue weighted by molar-refractivity contribution is -0.140. The topological polar surface area (TPSA) is 73.7 Å². The van der Waals surface area contributed by atoms with Gasteiger partial charge in [-0.15, -0.1) is 11.3 Å². The molecule has 0 aliphatic carbocycles. The monoisotopic (exact) mass is 433 g/mol. The zero-order valence-electron chi connectivity index (χ0n) is 17.3. The van der Waals surface area contributed by atoms with Crippen molar-refractivity contribution in [2.75, 3.05) is 20.6 Å². The minimum absolute atomic E-state index is 0.0840. The maximum atomic E-state index is 13.2. The van der Waals surface area contributed by atoms with Crippen molar-refractivity contribution in [1.82, 2.24) is 14.8 Å². The van der Waals surface area contributed by atoms with E-state index in [4.69, 9.17) is 0 Å². The first-order chi connectivity index (χ1) is 15.0. The van der Waals surface area contributed by atoms with Crippen molar-refractivity contribution in [2.45, 2.75) is 12.1 Å². The first kappa shape index (κ1) is 21.0. The Balaban J connectivity index is 1.83. The lowest BCUT2D eigenvalue weighted by Gasteiger charge is -2.32. The highest BCUT2D eigenvalue weighted by molar-refractivity contribution is 7.10. The maximum Gasteiger partial charge on any atom is 0.295 e. The van der Waals surface area contributed by atoms with Gasteiger partial charge < -0.3 is 14.9 Å².